The van der Waals surface area contributed by atoms with Crippen LogP contribution in [0, 0.1) is 0 Å². The molecule has 2 atom stereocenters. The molecule has 0 aliphatic heterocycles. The number of carboxylic acids is 2. The van der Waals surface area contributed by atoms with Gasteiger partial charge in [0.05, 0.1) is 13.1 Å². The number of rotatable bonds is 5. The van der Waals surface area contributed by atoms with Gasteiger partial charge in [-0.1, -0.05) is 12.8 Å². The molecule has 0 aromatic heterocycles. The molecule has 0 spiro atoms. The lowest BCUT2D eigenvalue weighted by atomic mass is 9.90. The lowest BCUT2D eigenvalue weighted by molar-refractivity contribution is -0.143. The van der Waals surface area contributed by atoms with Crippen LogP contribution in [0.2, 0.25) is 0 Å². The van der Waals surface area contributed by atoms with Gasteiger partial charge in [0.2, 0.25) is 0 Å². The third-order valence-electron chi connectivity index (χ3n) is 2.93. The number of carboxylic acid groups (broad SMARTS) is 2. The molecule has 1 saturated carbocycles. The monoisotopic (exact) mass is 230 g/mol. The van der Waals surface area contributed by atoms with E-state index in [2.05, 4.69) is 0 Å². The molecule has 6 heteroatoms. The van der Waals surface area contributed by atoms with Crippen molar-refractivity contribution in [2.45, 2.75) is 37.8 Å². The average Bonchev–Trinajstić information content (AvgIpc) is 2.15. The largest absolute Gasteiger partial charge is 0.480 e. The van der Waals surface area contributed by atoms with Crippen LogP contribution >= 0.6 is 0 Å². The van der Waals surface area contributed by atoms with E-state index in [1.165, 1.54) is 4.90 Å². The number of hydrogen-bond acceptors (Lipinski definition) is 4. The zero-order valence-electron chi connectivity index (χ0n) is 9.13. The lowest BCUT2D eigenvalue weighted by Crippen LogP contribution is -2.52. The van der Waals surface area contributed by atoms with Gasteiger partial charge >= 0.3 is 11.9 Å². The first-order valence-corrected chi connectivity index (χ1v) is 5.44. The molecule has 1 fully saturated rings. The molecule has 0 saturated heterocycles. The molecule has 0 aromatic rings. The second-order valence-corrected chi connectivity index (χ2v) is 4.21. The quantitative estimate of drug-likeness (QED) is 0.600. The van der Waals surface area contributed by atoms with Crippen molar-refractivity contribution in [2.75, 3.05) is 13.1 Å². The summed E-state index contributed by atoms with van der Waals surface area (Å²) in [5.41, 5.74) is 5.90. The highest BCUT2D eigenvalue weighted by molar-refractivity contribution is 5.72. The normalized spacial score (nSPS) is 25.6. The van der Waals surface area contributed by atoms with E-state index in [9.17, 15) is 9.59 Å². The molecule has 1 rings (SSSR count). The Morgan fingerprint density at radius 1 is 1.12 bits per heavy atom. The van der Waals surface area contributed by atoms with Crippen LogP contribution in [-0.2, 0) is 9.59 Å². The fourth-order valence-electron chi connectivity index (χ4n) is 2.23. The molecule has 0 bridgehead atoms. The maximum Gasteiger partial charge on any atom is 0.317 e. The topological polar surface area (TPSA) is 104 Å². The molecule has 16 heavy (non-hydrogen) atoms. The molecule has 0 amide bonds. The number of nitrogens with two attached hydrogens (primary N) is 1. The van der Waals surface area contributed by atoms with Gasteiger partial charge in [0.15, 0.2) is 0 Å². The standard InChI is InChI=1S/C10H18N2O4/c11-7-3-1-2-4-8(7)12(5-9(13)14)6-10(15)16/h7-8H,1-6,11H2,(H,13,14)(H,15,16)/t7-,8-/m1/s1. The van der Waals surface area contributed by atoms with Crippen molar-refractivity contribution < 1.29 is 19.8 Å². The van der Waals surface area contributed by atoms with E-state index < -0.39 is 11.9 Å². The maximum atomic E-state index is 10.7. The summed E-state index contributed by atoms with van der Waals surface area (Å²) in [5, 5.41) is 17.5. The van der Waals surface area contributed by atoms with Gasteiger partial charge in [0.25, 0.3) is 0 Å². The second-order valence-electron chi connectivity index (χ2n) is 4.21. The highest BCUT2D eigenvalue weighted by Gasteiger charge is 2.29. The molecule has 0 unspecified atom stereocenters. The van der Waals surface area contributed by atoms with Gasteiger partial charge in [-0.2, -0.15) is 0 Å². The van der Waals surface area contributed by atoms with Crippen LogP contribution in [0.25, 0.3) is 0 Å². The van der Waals surface area contributed by atoms with Gasteiger partial charge in [0, 0.05) is 12.1 Å². The molecule has 1 aliphatic rings. The number of aliphatic carboxylic acids is 2. The van der Waals surface area contributed by atoms with Crippen molar-refractivity contribution >= 4 is 11.9 Å². The summed E-state index contributed by atoms with van der Waals surface area (Å²) < 4.78 is 0. The lowest BCUT2D eigenvalue weighted by Gasteiger charge is -2.36. The van der Waals surface area contributed by atoms with Crippen LogP contribution in [-0.4, -0.2) is 52.2 Å². The second kappa shape index (κ2) is 5.81. The van der Waals surface area contributed by atoms with Crippen molar-refractivity contribution in [3.05, 3.63) is 0 Å². The SMILES string of the molecule is N[C@@H]1CCCC[C@H]1N(CC(=O)O)CC(=O)O. The summed E-state index contributed by atoms with van der Waals surface area (Å²) in [5.74, 6) is -2.03. The smallest absolute Gasteiger partial charge is 0.317 e. The molecule has 0 aromatic carbocycles. The molecule has 1 aliphatic carbocycles. The van der Waals surface area contributed by atoms with Crippen LogP contribution in [0.4, 0.5) is 0 Å². The van der Waals surface area contributed by atoms with Gasteiger partial charge in [-0.25, -0.2) is 0 Å². The van der Waals surface area contributed by atoms with E-state index in [4.69, 9.17) is 15.9 Å². The minimum atomic E-state index is -1.01. The van der Waals surface area contributed by atoms with Crippen molar-refractivity contribution in [1.82, 2.24) is 4.90 Å². The van der Waals surface area contributed by atoms with Gasteiger partial charge in [-0.3, -0.25) is 14.5 Å². The van der Waals surface area contributed by atoms with Gasteiger partial charge in [-0.05, 0) is 12.8 Å². The Morgan fingerprint density at radius 2 is 1.62 bits per heavy atom. The van der Waals surface area contributed by atoms with Crippen molar-refractivity contribution in [3.63, 3.8) is 0 Å². The molecular weight excluding hydrogens is 212 g/mol. The van der Waals surface area contributed by atoms with Crippen LogP contribution in [0.5, 0.6) is 0 Å². The Hall–Kier alpha value is -1.14. The Morgan fingerprint density at radius 3 is 2.06 bits per heavy atom. The summed E-state index contributed by atoms with van der Waals surface area (Å²) in [6.45, 7) is -0.519. The van der Waals surface area contributed by atoms with Gasteiger partial charge < -0.3 is 15.9 Å². The summed E-state index contributed by atoms with van der Waals surface area (Å²) in [4.78, 5) is 22.8. The first-order valence-electron chi connectivity index (χ1n) is 5.44. The van der Waals surface area contributed by atoms with E-state index in [1.807, 2.05) is 0 Å². The zero-order valence-corrected chi connectivity index (χ0v) is 9.13. The van der Waals surface area contributed by atoms with Crippen molar-refractivity contribution in [2.24, 2.45) is 5.73 Å². The summed E-state index contributed by atoms with van der Waals surface area (Å²) >= 11 is 0. The Kier molecular flexibility index (Phi) is 4.70. The first-order chi connectivity index (χ1) is 7.50. The molecule has 4 N–H and O–H groups in total. The van der Waals surface area contributed by atoms with E-state index in [0.717, 1.165) is 25.7 Å². The number of nitrogens with zero attached hydrogens (tertiary/aromatic N) is 1. The van der Waals surface area contributed by atoms with Crippen LogP contribution in [0.1, 0.15) is 25.7 Å². The Labute approximate surface area is 94.0 Å². The fraction of sp³-hybridized carbons (Fsp3) is 0.800. The minimum absolute atomic E-state index is 0.118. The summed E-state index contributed by atoms with van der Waals surface area (Å²) in [6, 6.07) is -0.242. The predicted molar refractivity (Wildman–Crippen MR) is 57.1 cm³/mol. The highest BCUT2D eigenvalue weighted by Crippen LogP contribution is 2.21. The van der Waals surface area contributed by atoms with E-state index >= 15 is 0 Å². The van der Waals surface area contributed by atoms with Gasteiger partial charge in [0.1, 0.15) is 0 Å². The fourth-order valence-corrected chi connectivity index (χ4v) is 2.23. The third kappa shape index (κ3) is 3.79. The van der Waals surface area contributed by atoms with Crippen LogP contribution < -0.4 is 5.73 Å². The third-order valence-corrected chi connectivity index (χ3v) is 2.93. The maximum absolute atomic E-state index is 10.7. The van der Waals surface area contributed by atoms with Crippen LogP contribution in [0.3, 0.4) is 0 Å². The van der Waals surface area contributed by atoms with E-state index in [0.29, 0.717) is 0 Å². The first kappa shape index (κ1) is 12.9. The van der Waals surface area contributed by atoms with Crippen molar-refractivity contribution in [1.29, 1.82) is 0 Å². The van der Waals surface area contributed by atoms with E-state index in [-0.39, 0.29) is 25.2 Å². The average molecular weight is 230 g/mol. The molecule has 0 heterocycles. The predicted octanol–water partition coefficient (Wildman–Crippen LogP) is -0.272. The zero-order chi connectivity index (χ0) is 12.1. The number of carbonyl (C=O) groups is 2. The van der Waals surface area contributed by atoms with Crippen LogP contribution in [0.15, 0.2) is 0 Å². The molecule has 0 radical (unpaired) electrons. The Balaban J connectivity index is 2.65. The van der Waals surface area contributed by atoms with E-state index in [1.54, 1.807) is 0 Å². The molecule has 6 nitrogen and oxygen atoms in total. The minimum Gasteiger partial charge on any atom is -0.480 e. The van der Waals surface area contributed by atoms with Crippen molar-refractivity contribution in [3.8, 4) is 0 Å². The molecule has 92 valence electrons. The number of hydrogen-bond donors (Lipinski definition) is 3. The highest BCUT2D eigenvalue weighted by atomic mass is 16.4. The summed E-state index contributed by atoms with van der Waals surface area (Å²) in [7, 11) is 0. The molecular formula is C10H18N2O4. The summed E-state index contributed by atoms with van der Waals surface area (Å²) in [6.07, 6.45) is 3.63. The Bertz CT molecular complexity index is 254. The van der Waals surface area contributed by atoms with Gasteiger partial charge in [-0.15, -0.1) is 0 Å².